The number of hydrogen-bond acceptors (Lipinski definition) is 3. The minimum Gasteiger partial charge on any atom is -0.444 e. The second kappa shape index (κ2) is 8.89. The summed E-state index contributed by atoms with van der Waals surface area (Å²) in [6, 6.07) is 27.4. The molecule has 3 aromatic carbocycles. The van der Waals surface area contributed by atoms with Crippen LogP contribution in [0, 0.1) is 0 Å². The molecule has 0 fully saturated rings. The largest absolute Gasteiger partial charge is 0.444 e. The van der Waals surface area contributed by atoms with Gasteiger partial charge in [-0.15, -0.1) is 0 Å². The summed E-state index contributed by atoms with van der Waals surface area (Å²) < 4.78 is 7.16. The molecular weight excluding hydrogens is 362 g/mol. The second-order valence-electron chi connectivity index (χ2n) is 6.68. The maximum Gasteiger partial charge on any atom is 0.411 e. The van der Waals surface area contributed by atoms with Crippen molar-refractivity contribution in [3.8, 4) is 11.1 Å². The summed E-state index contributed by atoms with van der Waals surface area (Å²) in [5.41, 5.74) is 4.90. The number of amides is 1. The lowest BCUT2D eigenvalue weighted by molar-refractivity contribution is 0.155. The van der Waals surface area contributed by atoms with E-state index in [2.05, 4.69) is 22.5 Å². The fraction of sp³-hybridized carbons (Fsp3) is 0.0833. The molecule has 0 aliphatic carbocycles. The summed E-state index contributed by atoms with van der Waals surface area (Å²) in [7, 11) is 0. The van der Waals surface area contributed by atoms with Crippen molar-refractivity contribution in [1.29, 1.82) is 0 Å². The van der Waals surface area contributed by atoms with Gasteiger partial charge in [-0.25, -0.2) is 4.79 Å². The first-order valence-electron chi connectivity index (χ1n) is 9.41. The van der Waals surface area contributed by atoms with Gasteiger partial charge in [0, 0.05) is 17.4 Å². The van der Waals surface area contributed by atoms with Gasteiger partial charge < -0.3 is 4.74 Å². The van der Waals surface area contributed by atoms with Gasteiger partial charge in [0.15, 0.2) is 0 Å². The summed E-state index contributed by atoms with van der Waals surface area (Å²) >= 11 is 0. The first kappa shape index (κ1) is 18.5. The van der Waals surface area contributed by atoms with E-state index >= 15 is 0 Å². The number of ether oxygens (including phenoxy) is 1. The fourth-order valence-corrected chi connectivity index (χ4v) is 2.99. The average Bonchev–Trinajstić information content (AvgIpc) is 3.23. The Bertz CT molecular complexity index is 1060. The van der Waals surface area contributed by atoms with Crippen molar-refractivity contribution in [2.45, 2.75) is 13.2 Å². The lowest BCUT2D eigenvalue weighted by Gasteiger charge is -2.07. The lowest BCUT2D eigenvalue weighted by atomic mass is 10.1. The molecule has 0 saturated carbocycles. The summed E-state index contributed by atoms with van der Waals surface area (Å²) in [6.07, 6.45) is 3.39. The SMILES string of the molecule is O=C(Nc1ccc(-c2cnn(Cc3ccccc3)c2)cc1)OCc1ccccc1. The first-order valence-corrected chi connectivity index (χ1v) is 9.41. The van der Waals surface area contributed by atoms with Gasteiger partial charge in [0.05, 0.1) is 12.7 Å². The van der Waals surface area contributed by atoms with E-state index in [9.17, 15) is 4.79 Å². The van der Waals surface area contributed by atoms with Crippen LogP contribution in [0.3, 0.4) is 0 Å². The van der Waals surface area contributed by atoms with Crippen LogP contribution < -0.4 is 5.32 Å². The molecule has 0 atom stereocenters. The topological polar surface area (TPSA) is 56.2 Å². The molecule has 0 radical (unpaired) electrons. The zero-order valence-corrected chi connectivity index (χ0v) is 15.9. The molecule has 5 heteroatoms. The van der Waals surface area contributed by atoms with Gasteiger partial charge in [0.25, 0.3) is 0 Å². The molecule has 0 bridgehead atoms. The zero-order chi connectivity index (χ0) is 19.9. The van der Waals surface area contributed by atoms with Crippen LogP contribution in [-0.4, -0.2) is 15.9 Å². The summed E-state index contributed by atoms with van der Waals surface area (Å²) in [6.45, 7) is 0.971. The highest BCUT2D eigenvalue weighted by Crippen LogP contribution is 2.21. The minimum absolute atomic E-state index is 0.241. The minimum atomic E-state index is -0.475. The summed E-state index contributed by atoms with van der Waals surface area (Å²) in [5, 5.41) is 7.19. The van der Waals surface area contributed by atoms with E-state index in [0.29, 0.717) is 5.69 Å². The molecule has 0 aliphatic rings. The van der Waals surface area contributed by atoms with Crippen molar-refractivity contribution in [2.24, 2.45) is 0 Å². The van der Waals surface area contributed by atoms with Crippen molar-refractivity contribution in [1.82, 2.24) is 9.78 Å². The molecule has 0 spiro atoms. The Morgan fingerprint density at radius 1 is 0.828 bits per heavy atom. The van der Waals surface area contributed by atoms with Crippen LogP contribution in [0.2, 0.25) is 0 Å². The van der Waals surface area contributed by atoms with Gasteiger partial charge in [-0.3, -0.25) is 10.00 Å². The number of carbonyl (C=O) groups excluding carboxylic acids is 1. The van der Waals surface area contributed by atoms with Gasteiger partial charge in [-0.1, -0.05) is 72.8 Å². The fourth-order valence-electron chi connectivity index (χ4n) is 2.99. The van der Waals surface area contributed by atoms with E-state index in [-0.39, 0.29) is 6.61 Å². The molecule has 4 rings (SSSR count). The van der Waals surface area contributed by atoms with Gasteiger partial charge in [-0.05, 0) is 28.8 Å². The number of nitrogens with zero attached hydrogens (tertiary/aromatic N) is 2. The van der Waals surface area contributed by atoms with Crippen LogP contribution in [-0.2, 0) is 17.9 Å². The van der Waals surface area contributed by atoms with Crippen molar-refractivity contribution >= 4 is 11.8 Å². The van der Waals surface area contributed by atoms with E-state index in [1.807, 2.05) is 89.9 Å². The maximum absolute atomic E-state index is 12.0. The highest BCUT2D eigenvalue weighted by atomic mass is 16.5. The predicted molar refractivity (Wildman–Crippen MR) is 113 cm³/mol. The van der Waals surface area contributed by atoms with Crippen LogP contribution in [0.15, 0.2) is 97.3 Å². The third kappa shape index (κ3) is 5.11. The smallest absolute Gasteiger partial charge is 0.411 e. The van der Waals surface area contributed by atoms with E-state index in [4.69, 9.17) is 4.74 Å². The molecule has 0 aliphatic heterocycles. The Morgan fingerprint density at radius 2 is 1.48 bits per heavy atom. The molecule has 0 unspecified atom stereocenters. The molecule has 29 heavy (non-hydrogen) atoms. The van der Waals surface area contributed by atoms with Crippen LogP contribution in [0.4, 0.5) is 10.5 Å². The monoisotopic (exact) mass is 383 g/mol. The van der Waals surface area contributed by atoms with Crippen LogP contribution in [0.1, 0.15) is 11.1 Å². The van der Waals surface area contributed by atoms with Gasteiger partial charge in [0.2, 0.25) is 0 Å². The highest BCUT2D eigenvalue weighted by Gasteiger charge is 2.06. The van der Waals surface area contributed by atoms with Crippen molar-refractivity contribution in [2.75, 3.05) is 5.32 Å². The van der Waals surface area contributed by atoms with Crippen LogP contribution in [0.25, 0.3) is 11.1 Å². The van der Waals surface area contributed by atoms with Crippen LogP contribution in [0.5, 0.6) is 0 Å². The number of aromatic nitrogens is 2. The standard InChI is InChI=1S/C24H21N3O2/c28-24(29-18-20-9-5-2-6-10-20)26-23-13-11-21(12-14-23)22-15-25-27(17-22)16-19-7-3-1-4-8-19/h1-15,17H,16,18H2,(H,26,28). The van der Waals surface area contributed by atoms with Gasteiger partial charge in [0.1, 0.15) is 6.61 Å². The Kier molecular flexibility index (Phi) is 5.67. The van der Waals surface area contributed by atoms with Crippen molar-refractivity contribution in [3.05, 3.63) is 108 Å². The molecule has 4 aromatic rings. The average molecular weight is 383 g/mol. The Hall–Kier alpha value is -3.86. The molecular formula is C24H21N3O2. The van der Waals surface area contributed by atoms with E-state index < -0.39 is 6.09 Å². The molecule has 1 amide bonds. The normalized spacial score (nSPS) is 10.5. The van der Waals surface area contributed by atoms with Crippen molar-refractivity contribution in [3.63, 3.8) is 0 Å². The third-order valence-corrected chi connectivity index (χ3v) is 4.50. The highest BCUT2D eigenvalue weighted by molar-refractivity contribution is 5.85. The Labute approximate surface area is 169 Å². The van der Waals surface area contributed by atoms with Crippen molar-refractivity contribution < 1.29 is 9.53 Å². The van der Waals surface area contributed by atoms with E-state index in [0.717, 1.165) is 23.2 Å². The van der Waals surface area contributed by atoms with E-state index in [1.165, 1.54) is 5.56 Å². The zero-order valence-electron chi connectivity index (χ0n) is 15.9. The number of carbonyl (C=O) groups is 1. The molecule has 5 nitrogen and oxygen atoms in total. The van der Waals surface area contributed by atoms with Gasteiger partial charge >= 0.3 is 6.09 Å². The number of nitrogens with one attached hydrogen (secondary N) is 1. The molecule has 1 N–H and O–H groups in total. The molecule has 1 aromatic heterocycles. The first-order chi connectivity index (χ1) is 14.3. The number of rotatable bonds is 6. The summed E-state index contributed by atoms with van der Waals surface area (Å²) in [4.78, 5) is 12.0. The molecule has 1 heterocycles. The number of benzene rings is 3. The number of anilines is 1. The third-order valence-electron chi connectivity index (χ3n) is 4.50. The second-order valence-corrected chi connectivity index (χ2v) is 6.68. The number of hydrogen-bond donors (Lipinski definition) is 1. The Balaban J connectivity index is 1.33. The van der Waals surface area contributed by atoms with E-state index in [1.54, 1.807) is 0 Å². The maximum atomic E-state index is 12.0. The molecule has 144 valence electrons. The quantitative estimate of drug-likeness (QED) is 0.488. The summed E-state index contributed by atoms with van der Waals surface area (Å²) in [5.74, 6) is 0. The molecule has 0 saturated heterocycles. The van der Waals surface area contributed by atoms with Gasteiger partial charge in [-0.2, -0.15) is 5.10 Å². The predicted octanol–water partition coefficient (Wildman–Crippen LogP) is 5.35. The Morgan fingerprint density at radius 3 is 2.17 bits per heavy atom. The van der Waals surface area contributed by atoms with Crippen LogP contribution >= 0.6 is 0 Å². The lowest BCUT2D eigenvalue weighted by Crippen LogP contribution is -2.13.